The van der Waals surface area contributed by atoms with Gasteiger partial charge < -0.3 is 24.3 Å². The van der Waals surface area contributed by atoms with E-state index in [1.807, 2.05) is 19.1 Å². The molecule has 0 saturated carbocycles. The number of hydrogen-bond acceptors (Lipinski definition) is 8. The van der Waals surface area contributed by atoms with Crippen LogP contribution in [0.2, 0.25) is 0 Å². The second-order valence-corrected chi connectivity index (χ2v) is 9.06. The van der Waals surface area contributed by atoms with Gasteiger partial charge in [-0.25, -0.2) is 9.78 Å². The highest BCUT2D eigenvalue weighted by Crippen LogP contribution is 2.31. The van der Waals surface area contributed by atoms with E-state index in [9.17, 15) is 9.59 Å². The van der Waals surface area contributed by atoms with Crippen LogP contribution in [0.3, 0.4) is 0 Å². The first kappa shape index (κ1) is 24.8. The van der Waals surface area contributed by atoms with Crippen molar-refractivity contribution in [3.05, 3.63) is 64.2 Å². The van der Waals surface area contributed by atoms with Crippen molar-refractivity contribution in [2.75, 3.05) is 26.9 Å². The molecular formula is C27H30N4O6. The van der Waals surface area contributed by atoms with Crippen molar-refractivity contribution in [1.29, 1.82) is 0 Å². The van der Waals surface area contributed by atoms with Gasteiger partial charge in [-0.15, -0.1) is 0 Å². The van der Waals surface area contributed by atoms with E-state index in [-0.39, 0.29) is 42.8 Å². The average Bonchev–Trinajstić information content (AvgIpc) is 2.93. The molecule has 2 unspecified atom stereocenters. The molecule has 4 heterocycles. The van der Waals surface area contributed by atoms with Crippen molar-refractivity contribution in [3.8, 4) is 28.8 Å². The summed E-state index contributed by atoms with van der Waals surface area (Å²) in [4.78, 5) is 33.9. The van der Waals surface area contributed by atoms with Gasteiger partial charge in [-0.1, -0.05) is 13.0 Å². The summed E-state index contributed by atoms with van der Waals surface area (Å²) in [6, 6.07) is 10.9. The molecule has 1 N–H and O–H groups in total. The van der Waals surface area contributed by atoms with Gasteiger partial charge in [0.25, 0.3) is 11.8 Å². The van der Waals surface area contributed by atoms with Crippen LogP contribution in [-0.4, -0.2) is 59.5 Å². The van der Waals surface area contributed by atoms with Crippen LogP contribution in [-0.2, 0) is 17.7 Å². The Kier molecular flexibility index (Phi) is 7.36. The Labute approximate surface area is 214 Å². The van der Waals surface area contributed by atoms with Gasteiger partial charge in [-0.05, 0) is 49.1 Å². The molecule has 0 spiro atoms. The van der Waals surface area contributed by atoms with Crippen LogP contribution in [0.25, 0.3) is 11.3 Å². The van der Waals surface area contributed by atoms with Gasteiger partial charge in [0.15, 0.2) is 11.9 Å². The number of rotatable bonds is 9. The number of pyridine rings is 1. The number of carbonyl (C=O) groups excluding carboxylic acids is 1. The molecule has 5 rings (SSSR count). The van der Waals surface area contributed by atoms with Crippen molar-refractivity contribution < 1.29 is 23.7 Å². The van der Waals surface area contributed by atoms with Crippen LogP contribution >= 0.6 is 0 Å². The van der Waals surface area contributed by atoms with E-state index in [2.05, 4.69) is 15.3 Å². The Morgan fingerprint density at radius 2 is 2.19 bits per heavy atom. The van der Waals surface area contributed by atoms with Crippen LogP contribution < -0.4 is 25.2 Å². The summed E-state index contributed by atoms with van der Waals surface area (Å²) < 4.78 is 24.1. The molecule has 0 aliphatic carbocycles. The highest BCUT2D eigenvalue weighted by molar-refractivity contribution is 5.95. The Morgan fingerprint density at radius 1 is 1.30 bits per heavy atom. The summed E-state index contributed by atoms with van der Waals surface area (Å²) in [5.41, 5.74) is 2.82. The lowest BCUT2D eigenvalue weighted by atomic mass is 9.95. The molecule has 2 aliphatic heterocycles. The van der Waals surface area contributed by atoms with E-state index in [4.69, 9.17) is 18.9 Å². The van der Waals surface area contributed by atoms with E-state index in [1.54, 1.807) is 42.1 Å². The molecule has 194 valence electrons. The van der Waals surface area contributed by atoms with Gasteiger partial charge in [-0.2, -0.15) is 4.98 Å². The van der Waals surface area contributed by atoms with Gasteiger partial charge in [-0.3, -0.25) is 9.36 Å². The molecule has 0 radical (unpaired) electrons. The number of benzene rings is 1. The van der Waals surface area contributed by atoms with Crippen molar-refractivity contribution >= 4 is 5.91 Å². The van der Waals surface area contributed by atoms with Crippen molar-refractivity contribution in [2.45, 2.75) is 44.9 Å². The van der Waals surface area contributed by atoms with Gasteiger partial charge in [0, 0.05) is 49.7 Å². The van der Waals surface area contributed by atoms with Crippen LogP contribution in [0, 0.1) is 0 Å². The van der Waals surface area contributed by atoms with E-state index in [0.717, 1.165) is 24.0 Å². The molecule has 2 aliphatic rings. The average molecular weight is 507 g/mol. The monoisotopic (exact) mass is 506 g/mol. The SMILES string of the molecule is CCC(CCOC)NC(=O)c1ccc2c(c1)CCn1c-2cc(OCC2COc3ncccc3O2)nc1=O. The normalized spacial score (nSPS) is 16.3. The third-order valence-electron chi connectivity index (χ3n) is 6.59. The van der Waals surface area contributed by atoms with Crippen LogP contribution in [0.1, 0.15) is 35.7 Å². The summed E-state index contributed by atoms with van der Waals surface area (Å²) in [7, 11) is 1.65. The zero-order valence-electron chi connectivity index (χ0n) is 20.9. The van der Waals surface area contributed by atoms with E-state index < -0.39 is 0 Å². The van der Waals surface area contributed by atoms with Crippen molar-refractivity contribution in [2.24, 2.45) is 0 Å². The molecule has 0 saturated heterocycles. The molecule has 0 fully saturated rings. The molecule has 1 aromatic carbocycles. The number of amides is 1. The molecule has 2 atom stereocenters. The maximum Gasteiger partial charge on any atom is 0.351 e. The topological polar surface area (TPSA) is 114 Å². The zero-order valence-corrected chi connectivity index (χ0v) is 20.9. The lowest BCUT2D eigenvalue weighted by molar-refractivity contribution is 0.0486. The molecule has 2 aromatic heterocycles. The number of hydrogen-bond donors (Lipinski definition) is 1. The summed E-state index contributed by atoms with van der Waals surface area (Å²) in [5.74, 6) is 1.11. The van der Waals surface area contributed by atoms with Gasteiger partial charge >= 0.3 is 5.69 Å². The van der Waals surface area contributed by atoms with Crippen molar-refractivity contribution in [1.82, 2.24) is 19.9 Å². The summed E-state index contributed by atoms with van der Waals surface area (Å²) in [6.07, 6.45) is 3.50. The summed E-state index contributed by atoms with van der Waals surface area (Å²) in [6.45, 7) is 3.56. The largest absolute Gasteiger partial charge is 0.478 e. The first-order valence-corrected chi connectivity index (χ1v) is 12.5. The standard InChI is InChI=1S/C27H30N4O6/c1-3-19(9-12-34-2)29-25(32)18-6-7-21-17(13-18)8-11-31-22(21)14-24(30-27(31)33)35-15-20-16-36-26-23(37-20)5-4-10-28-26/h4-7,10,13-14,19-20H,3,8-9,11-12,15-16H2,1-2H3,(H,29,32). The lowest BCUT2D eigenvalue weighted by Crippen LogP contribution is -2.36. The zero-order chi connectivity index (χ0) is 25.8. The molecule has 3 aromatic rings. The first-order valence-electron chi connectivity index (χ1n) is 12.5. The fraction of sp³-hybridized carbons (Fsp3) is 0.407. The Morgan fingerprint density at radius 3 is 3.03 bits per heavy atom. The molecule has 1 amide bonds. The maximum atomic E-state index is 12.9. The van der Waals surface area contributed by atoms with E-state index >= 15 is 0 Å². The second kappa shape index (κ2) is 11.0. The second-order valence-electron chi connectivity index (χ2n) is 9.06. The number of aromatic nitrogens is 3. The Hall–Kier alpha value is -3.92. The highest BCUT2D eigenvalue weighted by atomic mass is 16.6. The minimum atomic E-state index is -0.376. The third kappa shape index (κ3) is 5.43. The number of ether oxygens (including phenoxy) is 4. The van der Waals surface area contributed by atoms with Crippen molar-refractivity contribution in [3.63, 3.8) is 0 Å². The lowest BCUT2D eigenvalue weighted by Gasteiger charge is -2.26. The predicted molar refractivity (Wildman–Crippen MR) is 135 cm³/mol. The quantitative estimate of drug-likeness (QED) is 0.471. The smallest absolute Gasteiger partial charge is 0.351 e. The number of carbonyl (C=O) groups is 1. The highest BCUT2D eigenvalue weighted by Gasteiger charge is 2.24. The fourth-order valence-corrected chi connectivity index (χ4v) is 4.55. The minimum Gasteiger partial charge on any atom is -0.478 e. The Balaban J connectivity index is 1.31. The van der Waals surface area contributed by atoms with E-state index in [0.29, 0.717) is 42.5 Å². The molecule has 10 heteroatoms. The van der Waals surface area contributed by atoms with E-state index in [1.165, 1.54) is 0 Å². The van der Waals surface area contributed by atoms with Crippen LogP contribution in [0.15, 0.2) is 47.4 Å². The number of nitrogens with zero attached hydrogens (tertiary/aromatic N) is 3. The maximum absolute atomic E-state index is 12.9. The number of methoxy groups -OCH3 is 1. The molecule has 10 nitrogen and oxygen atoms in total. The molecule has 37 heavy (non-hydrogen) atoms. The van der Waals surface area contributed by atoms with Gasteiger partial charge in [0.1, 0.15) is 13.2 Å². The molecule has 0 bridgehead atoms. The number of aryl methyl sites for hydroxylation is 1. The van der Waals surface area contributed by atoms with Gasteiger partial charge in [0.2, 0.25) is 5.88 Å². The van der Waals surface area contributed by atoms with Crippen LogP contribution in [0.4, 0.5) is 0 Å². The number of nitrogens with one attached hydrogen (secondary N) is 1. The summed E-state index contributed by atoms with van der Waals surface area (Å²) >= 11 is 0. The first-order chi connectivity index (χ1) is 18.1. The predicted octanol–water partition coefficient (Wildman–Crippen LogP) is 2.63. The third-order valence-corrected chi connectivity index (χ3v) is 6.59. The Bertz CT molecular complexity index is 1340. The number of fused-ring (bicyclic) bond motifs is 4. The minimum absolute atomic E-state index is 0.0526. The fourth-order valence-electron chi connectivity index (χ4n) is 4.55. The van der Waals surface area contributed by atoms with Crippen LogP contribution in [0.5, 0.6) is 17.5 Å². The molecular weight excluding hydrogens is 476 g/mol. The van der Waals surface area contributed by atoms with Gasteiger partial charge in [0.05, 0.1) is 5.69 Å². The summed E-state index contributed by atoms with van der Waals surface area (Å²) in [5, 5.41) is 3.09.